The first-order chi connectivity index (χ1) is 8.70. The quantitative estimate of drug-likeness (QED) is 0.473. The molecule has 18 heavy (non-hydrogen) atoms. The van der Waals surface area contributed by atoms with Crippen LogP contribution in [0.25, 0.3) is 6.08 Å². The molecule has 0 bridgehead atoms. The van der Waals surface area contributed by atoms with E-state index < -0.39 is 0 Å². The van der Waals surface area contributed by atoms with Crippen molar-refractivity contribution in [3.63, 3.8) is 0 Å². The molecular formula is C15H11NOS. The highest BCUT2D eigenvalue weighted by Crippen LogP contribution is 2.16. The number of ketones is 1. The van der Waals surface area contributed by atoms with E-state index in [0.29, 0.717) is 5.56 Å². The maximum atomic E-state index is 12.2. The molecule has 1 heterocycles. The number of rotatable bonds is 3. The fourth-order valence-electron chi connectivity index (χ4n) is 1.61. The molecule has 0 aliphatic carbocycles. The number of carbonyl (C=O) groups excluding carboxylic acids is 1. The molecule has 0 saturated heterocycles. The van der Waals surface area contributed by atoms with Crippen LogP contribution in [-0.2, 0) is 0 Å². The third kappa shape index (κ3) is 2.73. The highest BCUT2D eigenvalue weighted by atomic mass is 32.1. The Bertz CT molecular complexity index is 633. The average molecular weight is 253 g/mol. The summed E-state index contributed by atoms with van der Waals surface area (Å²) >= 11 is 1.50. The summed E-state index contributed by atoms with van der Waals surface area (Å²) in [6.45, 7) is 1.92. The Hall–Kier alpha value is -2.18. The fourth-order valence-corrected chi connectivity index (χ4v) is 2.26. The zero-order valence-electron chi connectivity index (χ0n) is 9.88. The minimum absolute atomic E-state index is 0.169. The minimum Gasteiger partial charge on any atom is -0.288 e. The predicted molar refractivity (Wildman–Crippen MR) is 73.4 cm³/mol. The van der Waals surface area contributed by atoms with Crippen LogP contribution in [0.4, 0.5) is 0 Å². The molecule has 1 aromatic heterocycles. The van der Waals surface area contributed by atoms with Crippen molar-refractivity contribution in [2.24, 2.45) is 0 Å². The summed E-state index contributed by atoms with van der Waals surface area (Å²) in [6, 6.07) is 13.0. The van der Waals surface area contributed by atoms with Crippen molar-refractivity contribution in [2.75, 3.05) is 0 Å². The second kappa shape index (κ2) is 5.44. The second-order valence-electron chi connectivity index (χ2n) is 3.88. The van der Waals surface area contributed by atoms with E-state index in [9.17, 15) is 4.79 Å². The molecule has 2 rings (SSSR count). The number of benzene rings is 1. The van der Waals surface area contributed by atoms with Gasteiger partial charge < -0.3 is 0 Å². The molecule has 0 fully saturated rings. The van der Waals surface area contributed by atoms with E-state index in [2.05, 4.69) is 0 Å². The van der Waals surface area contributed by atoms with Crippen LogP contribution in [0.15, 0.2) is 47.4 Å². The first-order valence-electron chi connectivity index (χ1n) is 5.47. The molecule has 0 aliphatic heterocycles. The van der Waals surface area contributed by atoms with Crippen LogP contribution < -0.4 is 0 Å². The first kappa shape index (κ1) is 12.3. The van der Waals surface area contributed by atoms with E-state index in [1.54, 1.807) is 18.2 Å². The van der Waals surface area contributed by atoms with Crippen molar-refractivity contribution < 1.29 is 4.79 Å². The summed E-state index contributed by atoms with van der Waals surface area (Å²) < 4.78 is 0. The SMILES string of the molecule is Cc1cccc(C(=O)/C(C#N)=C/c2cccs2)c1. The largest absolute Gasteiger partial charge is 0.288 e. The number of nitrogens with zero attached hydrogens (tertiary/aromatic N) is 1. The van der Waals surface area contributed by atoms with Gasteiger partial charge in [-0.15, -0.1) is 11.3 Å². The molecule has 0 N–H and O–H groups in total. The predicted octanol–water partition coefficient (Wildman–Crippen LogP) is 3.85. The Kier molecular flexibility index (Phi) is 3.71. The van der Waals surface area contributed by atoms with Gasteiger partial charge in [-0.2, -0.15) is 5.26 Å². The highest BCUT2D eigenvalue weighted by Gasteiger charge is 2.12. The Morgan fingerprint density at radius 3 is 2.78 bits per heavy atom. The smallest absolute Gasteiger partial charge is 0.203 e. The van der Waals surface area contributed by atoms with Crippen LogP contribution in [0.3, 0.4) is 0 Å². The lowest BCUT2D eigenvalue weighted by Crippen LogP contribution is -2.01. The van der Waals surface area contributed by atoms with Crippen molar-refractivity contribution in [3.8, 4) is 6.07 Å². The van der Waals surface area contributed by atoms with Crippen molar-refractivity contribution in [1.29, 1.82) is 5.26 Å². The van der Waals surface area contributed by atoms with Crippen LogP contribution in [-0.4, -0.2) is 5.78 Å². The van der Waals surface area contributed by atoms with Gasteiger partial charge in [0.2, 0.25) is 5.78 Å². The van der Waals surface area contributed by atoms with E-state index in [-0.39, 0.29) is 11.4 Å². The van der Waals surface area contributed by atoms with Gasteiger partial charge in [0.1, 0.15) is 11.6 Å². The van der Waals surface area contributed by atoms with E-state index in [1.165, 1.54) is 11.3 Å². The summed E-state index contributed by atoms with van der Waals surface area (Å²) in [5.74, 6) is -0.227. The Morgan fingerprint density at radius 1 is 1.33 bits per heavy atom. The van der Waals surface area contributed by atoms with Crippen LogP contribution in [0, 0.1) is 18.3 Å². The topological polar surface area (TPSA) is 40.9 Å². The molecule has 0 amide bonds. The number of hydrogen-bond donors (Lipinski definition) is 0. The maximum Gasteiger partial charge on any atom is 0.203 e. The van der Waals surface area contributed by atoms with Gasteiger partial charge in [-0.05, 0) is 30.5 Å². The van der Waals surface area contributed by atoms with Crippen LogP contribution in [0.5, 0.6) is 0 Å². The minimum atomic E-state index is -0.227. The summed E-state index contributed by atoms with van der Waals surface area (Å²) in [6.07, 6.45) is 1.63. The van der Waals surface area contributed by atoms with E-state index in [4.69, 9.17) is 5.26 Å². The summed E-state index contributed by atoms with van der Waals surface area (Å²) in [4.78, 5) is 13.1. The lowest BCUT2D eigenvalue weighted by Gasteiger charge is -2.00. The third-order valence-electron chi connectivity index (χ3n) is 2.48. The molecule has 3 heteroatoms. The van der Waals surface area contributed by atoms with Gasteiger partial charge in [-0.25, -0.2) is 0 Å². The number of Topliss-reactive ketones (excluding diaryl/α,β-unsaturated/α-hetero) is 1. The first-order valence-corrected chi connectivity index (χ1v) is 6.35. The summed E-state index contributed by atoms with van der Waals surface area (Å²) in [5.41, 5.74) is 1.73. The molecule has 0 spiro atoms. The molecule has 2 nitrogen and oxygen atoms in total. The molecule has 0 unspecified atom stereocenters. The number of carbonyl (C=O) groups is 1. The number of aryl methyl sites for hydroxylation is 1. The summed E-state index contributed by atoms with van der Waals surface area (Å²) in [7, 11) is 0. The van der Waals surface area contributed by atoms with Crippen LogP contribution in [0.2, 0.25) is 0 Å². The molecule has 88 valence electrons. The Morgan fingerprint density at radius 2 is 2.17 bits per heavy atom. The fraction of sp³-hybridized carbons (Fsp3) is 0.0667. The number of hydrogen-bond acceptors (Lipinski definition) is 3. The number of allylic oxidation sites excluding steroid dienone is 1. The molecule has 0 atom stereocenters. The summed E-state index contributed by atoms with van der Waals surface area (Å²) in [5, 5.41) is 11.0. The standard InChI is InChI=1S/C15H11NOS/c1-11-4-2-5-12(8-11)15(17)13(10-16)9-14-6-3-7-18-14/h2-9H,1H3/b13-9+. The van der Waals surface area contributed by atoms with Crippen LogP contribution in [0.1, 0.15) is 20.8 Å². The molecule has 0 aliphatic rings. The van der Waals surface area contributed by atoms with Gasteiger partial charge in [0.05, 0.1) is 0 Å². The van der Waals surface area contributed by atoms with Gasteiger partial charge in [0.15, 0.2) is 0 Å². The third-order valence-corrected chi connectivity index (χ3v) is 3.29. The normalized spacial score (nSPS) is 11.0. The van der Waals surface area contributed by atoms with Crippen molar-refractivity contribution in [3.05, 3.63) is 63.4 Å². The second-order valence-corrected chi connectivity index (χ2v) is 4.86. The van der Waals surface area contributed by atoms with Gasteiger partial charge in [-0.3, -0.25) is 4.79 Å². The monoisotopic (exact) mass is 253 g/mol. The highest BCUT2D eigenvalue weighted by molar-refractivity contribution is 7.10. The van der Waals surface area contributed by atoms with Crippen molar-refractivity contribution in [1.82, 2.24) is 0 Å². The number of thiophene rings is 1. The zero-order chi connectivity index (χ0) is 13.0. The van der Waals surface area contributed by atoms with E-state index in [0.717, 1.165) is 10.4 Å². The Labute approximate surface area is 110 Å². The number of nitriles is 1. The molecular weight excluding hydrogens is 242 g/mol. The van der Waals surface area contributed by atoms with Gasteiger partial charge in [-0.1, -0.05) is 29.8 Å². The van der Waals surface area contributed by atoms with E-state index >= 15 is 0 Å². The van der Waals surface area contributed by atoms with Crippen molar-refractivity contribution >= 4 is 23.2 Å². The van der Waals surface area contributed by atoms with Gasteiger partial charge >= 0.3 is 0 Å². The van der Waals surface area contributed by atoms with E-state index in [1.807, 2.05) is 42.6 Å². The molecule has 0 saturated carbocycles. The lowest BCUT2D eigenvalue weighted by atomic mass is 10.0. The Balaban J connectivity index is 2.35. The zero-order valence-corrected chi connectivity index (χ0v) is 10.7. The van der Waals surface area contributed by atoms with Crippen LogP contribution >= 0.6 is 11.3 Å². The molecule has 0 radical (unpaired) electrons. The maximum absolute atomic E-state index is 12.2. The molecule has 1 aromatic carbocycles. The molecule has 2 aromatic rings. The van der Waals surface area contributed by atoms with Gasteiger partial charge in [0, 0.05) is 10.4 Å². The van der Waals surface area contributed by atoms with Gasteiger partial charge in [0.25, 0.3) is 0 Å². The average Bonchev–Trinajstić information content (AvgIpc) is 2.88. The lowest BCUT2D eigenvalue weighted by molar-refractivity contribution is 0.104. The van der Waals surface area contributed by atoms with Crippen molar-refractivity contribution in [2.45, 2.75) is 6.92 Å².